The van der Waals surface area contributed by atoms with Crippen LogP contribution in [-0.4, -0.2) is 32.1 Å². The summed E-state index contributed by atoms with van der Waals surface area (Å²) in [5.74, 6) is -0.220. The second kappa shape index (κ2) is 8.10. The van der Waals surface area contributed by atoms with Crippen molar-refractivity contribution in [3.63, 3.8) is 0 Å². The molecule has 3 amide bonds. The first-order valence-corrected chi connectivity index (χ1v) is 6.05. The molecule has 0 unspecified atom stereocenters. The van der Waals surface area contributed by atoms with Crippen LogP contribution < -0.4 is 16.0 Å². The first kappa shape index (κ1) is 15.0. The van der Waals surface area contributed by atoms with Crippen LogP contribution in [0, 0.1) is 0 Å². The number of ether oxygens (including phenoxy) is 1. The van der Waals surface area contributed by atoms with E-state index in [1.165, 1.54) is 0 Å². The number of para-hydroxylation sites is 1. The van der Waals surface area contributed by atoms with Gasteiger partial charge in [0.15, 0.2) is 0 Å². The Morgan fingerprint density at radius 2 is 1.95 bits per heavy atom. The molecule has 0 atom stereocenters. The molecule has 19 heavy (non-hydrogen) atoms. The van der Waals surface area contributed by atoms with Crippen LogP contribution in [0.25, 0.3) is 0 Å². The summed E-state index contributed by atoms with van der Waals surface area (Å²) in [6.07, 6.45) is 0. The van der Waals surface area contributed by atoms with E-state index in [1.54, 1.807) is 13.2 Å². The van der Waals surface area contributed by atoms with Crippen molar-refractivity contribution in [3.8, 4) is 0 Å². The zero-order valence-electron chi connectivity index (χ0n) is 11.2. The first-order chi connectivity index (χ1) is 9.17. The quantitative estimate of drug-likeness (QED) is 0.720. The van der Waals surface area contributed by atoms with Crippen LogP contribution in [0.4, 0.5) is 10.5 Å². The van der Waals surface area contributed by atoms with Crippen molar-refractivity contribution in [2.45, 2.75) is 13.5 Å². The van der Waals surface area contributed by atoms with E-state index in [0.717, 1.165) is 5.56 Å². The minimum atomic E-state index is -0.421. The average Bonchev–Trinajstić information content (AvgIpc) is 2.39. The number of nitrogens with one attached hydrogen (secondary N) is 3. The number of amides is 3. The molecule has 0 aromatic heterocycles. The molecule has 0 heterocycles. The number of hydrogen-bond acceptors (Lipinski definition) is 3. The molecule has 0 aliphatic rings. The predicted molar refractivity (Wildman–Crippen MR) is 72.9 cm³/mol. The lowest BCUT2D eigenvalue weighted by atomic mass is 10.2. The van der Waals surface area contributed by atoms with E-state index in [2.05, 4.69) is 16.0 Å². The van der Waals surface area contributed by atoms with Crippen LogP contribution in [0.3, 0.4) is 0 Å². The number of likely N-dealkylation sites (N-methyl/N-ethyl adjacent to an activating group) is 1. The van der Waals surface area contributed by atoms with Crippen LogP contribution >= 0.6 is 0 Å². The Morgan fingerprint density at radius 3 is 2.63 bits per heavy atom. The largest absolute Gasteiger partial charge is 0.380 e. The Morgan fingerprint density at radius 1 is 1.21 bits per heavy atom. The smallest absolute Gasteiger partial charge is 0.319 e. The molecule has 0 radical (unpaired) electrons. The molecule has 0 bridgehead atoms. The molecule has 0 spiro atoms. The summed E-state index contributed by atoms with van der Waals surface area (Å²) in [6, 6.07) is 6.91. The minimum absolute atomic E-state index is 0.0495. The van der Waals surface area contributed by atoms with Crippen LogP contribution in [0.15, 0.2) is 24.3 Å². The van der Waals surface area contributed by atoms with E-state index in [-0.39, 0.29) is 12.5 Å². The number of urea groups is 1. The van der Waals surface area contributed by atoms with Gasteiger partial charge in [0.2, 0.25) is 5.91 Å². The van der Waals surface area contributed by atoms with Gasteiger partial charge in [-0.25, -0.2) is 4.79 Å². The second-order valence-electron chi connectivity index (χ2n) is 3.85. The topological polar surface area (TPSA) is 79.5 Å². The minimum Gasteiger partial charge on any atom is -0.380 e. The third kappa shape index (κ3) is 5.39. The number of methoxy groups -OCH3 is 1. The van der Waals surface area contributed by atoms with E-state index in [9.17, 15) is 9.59 Å². The van der Waals surface area contributed by atoms with E-state index in [1.807, 2.05) is 25.1 Å². The van der Waals surface area contributed by atoms with Gasteiger partial charge in [-0.1, -0.05) is 18.2 Å². The van der Waals surface area contributed by atoms with Crippen molar-refractivity contribution in [3.05, 3.63) is 29.8 Å². The third-order valence-corrected chi connectivity index (χ3v) is 2.35. The van der Waals surface area contributed by atoms with Gasteiger partial charge in [-0.2, -0.15) is 0 Å². The molecule has 0 aliphatic carbocycles. The second-order valence-corrected chi connectivity index (χ2v) is 3.85. The normalized spacial score (nSPS) is 9.79. The van der Waals surface area contributed by atoms with Crippen molar-refractivity contribution < 1.29 is 14.3 Å². The Bertz CT molecular complexity index is 435. The van der Waals surface area contributed by atoms with E-state index in [0.29, 0.717) is 18.8 Å². The van der Waals surface area contributed by atoms with Gasteiger partial charge in [-0.15, -0.1) is 0 Å². The van der Waals surface area contributed by atoms with Gasteiger partial charge < -0.3 is 20.7 Å². The molecular weight excluding hydrogens is 246 g/mol. The molecule has 0 saturated heterocycles. The summed E-state index contributed by atoms with van der Waals surface area (Å²) in [4.78, 5) is 22.8. The van der Waals surface area contributed by atoms with Crippen molar-refractivity contribution in [1.29, 1.82) is 0 Å². The zero-order valence-corrected chi connectivity index (χ0v) is 11.2. The highest BCUT2D eigenvalue weighted by Gasteiger charge is 2.07. The number of hydrogen-bond donors (Lipinski definition) is 3. The average molecular weight is 265 g/mol. The molecule has 6 nitrogen and oxygen atoms in total. The molecule has 0 fully saturated rings. The molecule has 0 saturated carbocycles. The molecular formula is C13H19N3O3. The molecule has 104 valence electrons. The number of benzene rings is 1. The summed E-state index contributed by atoms with van der Waals surface area (Å²) in [7, 11) is 1.59. The van der Waals surface area contributed by atoms with Crippen LogP contribution in [-0.2, 0) is 16.1 Å². The van der Waals surface area contributed by atoms with E-state index in [4.69, 9.17) is 4.74 Å². The standard InChI is InChI=1S/C13H19N3O3/c1-3-14-12(17)8-15-13(18)16-11-7-5-4-6-10(11)9-19-2/h4-7H,3,8-9H2,1-2H3,(H,14,17)(H2,15,16,18). The lowest BCUT2D eigenvalue weighted by molar-refractivity contribution is -0.119. The van der Waals surface area contributed by atoms with Crippen LogP contribution in [0.5, 0.6) is 0 Å². The maximum Gasteiger partial charge on any atom is 0.319 e. The van der Waals surface area contributed by atoms with Gasteiger partial charge in [-0.05, 0) is 13.0 Å². The highest BCUT2D eigenvalue weighted by atomic mass is 16.5. The highest BCUT2D eigenvalue weighted by Crippen LogP contribution is 2.15. The molecule has 1 rings (SSSR count). The fourth-order valence-corrected chi connectivity index (χ4v) is 1.51. The molecule has 3 N–H and O–H groups in total. The van der Waals surface area contributed by atoms with Crippen LogP contribution in [0.2, 0.25) is 0 Å². The SMILES string of the molecule is CCNC(=O)CNC(=O)Nc1ccccc1COC. The van der Waals surface area contributed by atoms with Gasteiger partial charge >= 0.3 is 6.03 Å². The van der Waals surface area contributed by atoms with Gasteiger partial charge in [0.05, 0.1) is 13.2 Å². The monoisotopic (exact) mass is 265 g/mol. The lowest BCUT2D eigenvalue weighted by Gasteiger charge is -2.11. The number of carbonyl (C=O) groups excluding carboxylic acids is 2. The zero-order chi connectivity index (χ0) is 14.1. The fraction of sp³-hybridized carbons (Fsp3) is 0.385. The van der Waals surface area contributed by atoms with Gasteiger partial charge in [0, 0.05) is 24.9 Å². The van der Waals surface area contributed by atoms with Crippen molar-refractivity contribution in [2.75, 3.05) is 25.5 Å². The Labute approximate surface area is 112 Å². The van der Waals surface area contributed by atoms with Gasteiger partial charge in [0.25, 0.3) is 0 Å². The summed E-state index contributed by atoms with van der Waals surface area (Å²) >= 11 is 0. The number of anilines is 1. The first-order valence-electron chi connectivity index (χ1n) is 6.05. The van der Waals surface area contributed by atoms with Crippen molar-refractivity contribution in [2.24, 2.45) is 0 Å². The van der Waals surface area contributed by atoms with E-state index < -0.39 is 6.03 Å². The van der Waals surface area contributed by atoms with Gasteiger partial charge in [0.1, 0.15) is 0 Å². The van der Waals surface area contributed by atoms with Crippen molar-refractivity contribution >= 4 is 17.6 Å². The highest BCUT2D eigenvalue weighted by molar-refractivity contribution is 5.92. The Balaban J connectivity index is 2.50. The van der Waals surface area contributed by atoms with Crippen molar-refractivity contribution in [1.82, 2.24) is 10.6 Å². The maximum atomic E-state index is 11.6. The Hall–Kier alpha value is -2.08. The number of rotatable bonds is 6. The lowest BCUT2D eigenvalue weighted by Crippen LogP contribution is -2.38. The Kier molecular flexibility index (Phi) is 6.38. The molecule has 6 heteroatoms. The number of carbonyl (C=O) groups is 2. The maximum absolute atomic E-state index is 11.6. The van der Waals surface area contributed by atoms with E-state index >= 15 is 0 Å². The summed E-state index contributed by atoms with van der Waals surface area (Å²) in [6.45, 7) is 2.72. The summed E-state index contributed by atoms with van der Waals surface area (Å²) in [5, 5.41) is 7.76. The molecule has 0 aliphatic heterocycles. The summed E-state index contributed by atoms with van der Waals surface area (Å²) < 4.78 is 5.04. The molecule has 1 aromatic rings. The summed E-state index contributed by atoms with van der Waals surface area (Å²) in [5.41, 5.74) is 1.54. The van der Waals surface area contributed by atoms with Crippen LogP contribution in [0.1, 0.15) is 12.5 Å². The third-order valence-electron chi connectivity index (χ3n) is 2.35. The predicted octanol–water partition coefficient (Wildman–Crippen LogP) is 1.09. The fourth-order valence-electron chi connectivity index (χ4n) is 1.51. The molecule has 1 aromatic carbocycles. The van der Waals surface area contributed by atoms with Gasteiger partial charge in [-0.3, -0.25) is 4.79 Å².